The Labute approximate surface area is 179 Å². The summed E-state index contributed by atoms with van der Waals surface area (Å²) in [6, 6.07) is 10.8. The van der Waals surface area contributed by atoms with Gasteiger partial charge in [-0.15, -0.1) is 0 Å². The van der Waals surface area contributed by atoms with E-state index in [1.165, 1.54) is 18.4 Å². The summed E-state index contributed by atoms with van der Waals surface area (Å²) in [5.41, 5.74) is 4.66. The van der Waals surface area contributed by atoms with Crippen LogP contribution in [0.3, 0.4) is 0 Å². The predicted octanol–water partition coefficient (Wildman–Crippen LogP) is 3.34. The minimum atomic E-state index is 0.299. The number of aromatic nitrogens is 2. The number of carbonyl (C=O) groups is 1. The van der Waals surface area contributed by atoms with Crippen molar-refractivity contribution in [2.75, 3.05) is 39.4 Å². The molecule has 0 N–H and O–H groups in total. The minimum Gasteiger partial charge on any atom is -0.378 e. The Morgan fingerprint density at radius 1 is 1.17 bits per heavy atom. The lowest BCUT2D eigenvalue weighted by Gasteiger charge is -2.33. The molecule has 6 nitrogen and oxygen atoms in total. The van der Waals surface area contributed by atoms with E-state index in [9.17, 15) is 4.79 Å². The molecular formula is C24H34N4O2. The van der Waals surface area contributed by atoms with Crippen molar-refractivity contribution in [3.63, 3.8) is 0 Å². The fraction of sp³-hybridized carbons (Fsp3) is 0.583. The highest BCUT2D eigenvalue weighted by atomic mass is 16.5. The molecule has 0 radical (unpaired) electrons. The molecule has 2 saturated heterocycles. The third-order valence-electron chi connectivity index (χ3n) is 6.30. The van der Waals surface area contributed by atoms with Gasteiger partial charge >= 0.3 is 0 Å². The molecule has 6 heteroatoms. The summed E-state index contributed by atoms with van der Waals surface area (Å²) < 4.78 is 7.38. The van der Waals surface area contributed by atoms with Gasteiger partial charge in [0, 0.05) is 38.3 Å². The van der Waals surface area contributed by atoms with Crippen LogP contribution in [0.4, 0.5) is 0 Å². The van der Waals surface area contributed by atoms with E-state index in [1.54, 1.807) is 0 Å². The van der Waals surface area contributed by atoms with Gasteiger partial charge in [-0.25, -0.2) is 4.68 Å². The Hall–Kier alpha value is -2.18. The monoisotopic (exact) mass is 410 g/mol. The molecule has 0 spiro atoms. The molecule has 2 aromatic rings. The number of likely N-dealkylation sites (tertiary alicyclic amines) is 1. The average Bonchev–Trinajstić information content (AvgIpc) is 3.11. The molecule has 1 aromatic carbocycles. The number of hydrogen-bond donors (Lipinski definition) is 0. The summed E-state index contributed by atoms with van der Waals surface area (Å²) in [4.78, 5) is 17.0. The molecule has 1 aromatic heterocycles. The van der Waals surface area contributed by atoms with Crippen molar-refractivity contribution < 1.29 is 9.53 Å². The maximum Gasteiger partial charge on any atom is 0.222 e. The predicted molar refractivity (Wildman–Crippen MR) is 118 cm³/mol. The summed E-state index contributed by atoms with van der Waals surface area (Å²) in [7, 11) is 0. The molecule has 1 atom stereocenters. The van der Waals surface area contributed by atoms with Crippen molar-refractivity contribution in [1.82, 2.24) is 19.6 Å². The van der Waals surface area contributed by atoms with E-state index in [1.807, 2.05) is 16.5 Å². The zero-order chi connectivity index (χ0) is 20.9. The number of amides is 1. The summed E-state index contributed by atoms with van der Waals surface area (Å²) >= 11 is 0. The molecule has 0 saturated carbocycles. The van der Waals surface area contributed by atoms with Crippen LogP contribution < -0.4 is 0 Å². The van der Waals surface area contributed by atoms with Crippen LogP contribution >= 0.6 is 0 Å². The average molecular weight is 411 g/mol. The molecule has 0 aliphatic carbocycles. The Bertz CT molecular complexity index is 857. The fourth-order valence-corrected chi connectivity index (χ4v) is 4.76. The Morgan fingerprint density at radius 2 is 2.00 bits per heavy atom. The number of aryl methyl sites for hydroxylation is 2. The number of piperidine rings is 1. The zero-order valence-corrected chi connectivity index (χ0v) is 18.3. The third kappa shape index (κ3) is 5.29. The molecule has 2 fully saturated rings. The van der Waals surface area contributed by atoms with Crippen LogP contribution in [0.5, 0.6) is 0 Å². The van der Waals surface area contributed by atoms with E-state index in [-0.39, 0.29) is 0 Å². The van der Waals surface area contributed by atoms with Crippen molar-refractivity contribution in [1.29, 1.82) is 0 Å². The van der Waals surface area contributed by atoms with Gasteiger partial charge in [-0.3, -0.25) is 9.69 Å². The third-order valence-corrected chi connectivity index (χ3v) is 6.30. The van der Waals surface area contributed by atoms with E-state index in [0.717, 1.165) is 56.2 Å². The number of rotatable bonds is 6. The molecule has 1 amide bonds. The van der Waals surface area contributed by atoms with Crippen LogP contribution in [-0.4, -0.2) is 64.9 Å². The number of benzene rings is 1. The fourth-order valence-electron chi connectivity index (χ4n) is 4.76. The molecule has 2 aliphatic rings. The van der Waals surface area contributed by atoms with E-state index in [0.29, 0.717) is 31.5 Å². The maximum atomic E-state index is 12.5. The lowest BCUT2D eigenvalue weighted by molar-refractivity contribution is -0.135. The molecule has 3 heterocycles. The first-order valence-electron chi connectivity index (χ1n) is 11.3. The van der Waals surface area contributed by atoms with Gasteiger partial charge in [0.25, 0.3) is 0 Å². The van der Waals surface area contributed by atoms with Gasteiger partial charge in [0.2, 0.25) is 5.91 Å². The second kappa shape index (κ2) is 9.75. The highest BCUT2D eigenvalue weighted by Gasteiger charge is 2.23. The largest absolute Gasteiger partial charge is 0.378 e. The molecule has 0 bridgehead atoms. The first kappa shape index (κ1) is 21.1. The summed E-state index contributed by atoms with van der Waals surface area (Å²) in [5, 5.41) is 4.62. The first-order valence-corrected chi connectivity index (χ1v) is 11.3. The van der Waals surface area contributed by atoms with E-state index < -0.39 is 0 Å². The van der Waals surface area contributed by atoms with Gasteiger partial charge < -0.3 is 9.64 Å². The van der Waals surface area contributed by atoms with Crippen molar-refractivity contribution in [3.05, 3.63) is 47.3 Å². The minimum absolute atomic E-state index is 0.299. The zero-order valence-electron chi connectivity index (χ0n) is 18.3. The summed E-state index contributed by atoms with van der Waals surface area (Å²) in [5.74, 6) is 0.913. The number of hydrogen-bond acceptors (Lipinski definition) is 4. The second-order valence-corrected chi connectivity index (χ2v) is 8.78. The van der Waals surface area contributed by atoms with E-state index in [4.69, 9.17) is 4.74 Å². The van der Waals surface area contributed by atoms with Crippen molar-refractivity contribution in [3.8, 4) is 5.69 Å². The number of ether oxygens (including phenoxy) is 1. The van der Waals surface area contributed by atoms with E-state index >= 15 is 0 Å². The summed E-state index contributed by atoms with van der Waals surface area (Å²) in [6.07, 6.45) is 4.12. The van der Waals surface area contributed by atoms with Crippen molar-refractivity contribution >= 4 is 5.91 Å². The Kier molecular flexibility index (Phi) is 6.85. The molecule has 0 unspecified atom stereocenters. The first-order chi connectivity index (χ1) is 14.6. The lowest BCUT2D eigenvalue weighted by Crippen LogP contribution is -2.41. The highest BCUT2D eigenvalue weighted by Crippen LogP contribution is 2.24. The topological polar surface area (TPSA) is 50.6 Å². The Balaban J connectivity index is 1.31. The number of nitrogens with zero attached hydrogens (tertiary/aromatic N) is 4. The highest BCUT2D eigenvalue weighted by molar-refractivity contribution is 5.76. The molecule has 162 valence electrons. The van der Waals surface area contributed by atoms with Gasteiger partial charge in [-0.05, 0) is 69.3 Å². The van der Waals surface area contributed by atoms with Gasteiger partial charge in [0.1, 0.15) is 0 Å². The van der Waals surface area contributed by atoms with Crippen molar-refractivity contribution in [2.24, 2.45) is 5.92 Å². The molecular weight excluding hydrogens is 376 g/mol. The maximum absolute atomic E-state index is 12.5. The standard InChI is InChI=1S/C24H34N4O2/c1-19-15-20(2)28(25-19)23-7-3-5-22(16-23)18-26-10-4-6-21(17-26)8-9-24(29)27-11-13-30-14-12-27/h3,5,7,15-16,21H,4,6,8-14,17-18H2,1-2H3/t21-/m1/s1. The number of carbonyl (C=O) groups excluding carboxylic acids is 1. The van der Waals surface area contributed by atoms with Crippen LogP contribution in [0.1, 0.15) is 42.6 Å². The van der Waals surface area contributed by atoms with Gasteiger partial charge in [-0.2, -0.15) is 5.10 Å². The van der Waals surface area contributed by atoms with Crippen LogP contribution in [0, 0.1) is 19.8 Å². The quantitative estimate of drug-likeness (QED) is 0.733. The van der Waals surface area contributed by atoms with Crippen molar-refractivity contribution in [2.45, 2.75) is 46.1 Å². The smallest absolute Gasteiger partial charge is 0.222 e. The summed E-state index contributed by atoms with van der Waals surface area (Å²) in [6.45, 7) is 10.2. The van der Waals surface area contributed by atoms with Gasteiger partial charge in [0.05, 0.1) is 24.6 Å². The van der Waals surface area contributed by atoms with Crippen LogP contribution in [-0.2, 0) is 16.1 Å². The lowest BCUT2D eigenvalue weighted by atomic mass is 9.92. The normalized spacial score (nSPS) is 20.5. The van der Waals surface area contributed by atoms with Gasteiger partial charge in [-0.1, -0.05) is 12.1 Å². The molecule has 30 heavy (non-hydrogen) atoms. The molecule has 2 aliphatic heterocycles. The second-order valence-electron chi connectivity index (χ2n) is 8.78. The van der Waals surface area contributed by atoms with Crippen LogP contribution in [0.25, 0.3) is 5.69 Å². The van der Waals surface area contributed by atoms with Crippen LogP contribution in [0.2, 0.25) is 0 Å². The number of morpholine rings is 1. The van der Waals surface area contributed by atoms with E-state index in [2.05, 4.69) is 47.3 Å². The molecule has 4 rings (SSSR count). The SMILES string of the molecule is Cc1cc(C)n(-c2cccc(CN3CCC[C@H](CCC(=O)N4CCOCC4)C3)c2)n1. The van der Waals surface area contributed by atoms with Gasteiger partial charge in [0.15, 0.2) is 0 Å². The Morgan fingerprint density at radius 3 is 2.77 bits per heavy atom. The van der Waals surface area contributed by atoms with Crippen LogP contribution in [0.15, 0.2) is 30.3 Å².